The van der Waals surface area contributed by atoms with Crippen molar-refractivity contribution in [3.8, 4) is 0 Å². The van der Waals surface area contributed by atoms with Gasteiger partial charge in [-0.05, 0) is 62.4 Å². The Balaban J connectivity index is 1.71. The number of anilines is 2. The lowest BCUT2D eigenvalue weighted by Crippen LogP contribution is -2.37. The number of nitrogens with one attached hydrogen (secondary N) is 1. The molecule has 9 heteroatoms. The SMILES string of the molecule is O=C(Nc1cccc(Cl)c1Cl)c1ccc(N2CCCCC2)c(S(=O)(=O)N2CCCCC2)c1. The Morgan fingerprint density at radius 2 is 1.53 bits per heavy atom. The van der Waals surface area contributed by atoms with E-state index >= 15 is 0 Å². The molecule has 0 saturated carbocycles. The monoisotopic (exact) mass is 495 g/mol. The number of rotatable bonds is 5. The van der Waals surface area contributed by atoms with Gasteiger partial charge >= 0.3 is 0 Å². The van der Waals surface area contributed by atoms with Gasteiger partial charge in [-0.2, -0.15) is 4.31 Å². The topological polar surface area (TPSA) is 69.7 Å². The zero-order chi connectivity index (χ0) is 22.7. The summed E-state index contributed by atoms with van der Waals surface area (Å²) in [6.45, 7) is 2.64. The lowest BCUT2D eigenvalue weighted by atomic mass is 10.1. The van der Waals surface area contributed by atoms with Crippen molar-refractivity contribution in [1.29, 1.82) is 0 Å². The van der Waals surface area contributed by atoms with Crippen molar-refractivity contribution in [1.82, 2.24) is 4.31 Å². The van der Waals surface area contributed by atoms with Crippen LogP contribution in [-0.4, -0.2) is 44.8 Å². The maximum absolute atomic E-state index is 13.6. The van der Waals surface area contributed by atoms with E-state index in [1.165, 1.54) is 6.07 Å². The fourth-order valence-corrected chi connectivity index (χ4v) is 6.40. The molecule has 172 valence electrons. The summed E-state index contributed by atoms with van der Waals surface area (Å²) >= 11 is 12.2. The molecule has 2 aromatic carbocycles. The Hall–Kier alpha value is -1.80. The molecule has 2 aromatic rings. The van der Waals surface area contributed by atoms with Crippen molar-refractivity contribution in [2.75, 3.05) is 36.4 Å². The molecular weight excluding hydrogens is 469 g/mol. The highest BCUT2D eigenvalue weighted by molar-refractivity contribution is 7.89. The third kappa shape index (κ3) is 4.91. The predicted molar refractivity (Wildman–Crippen MR) is 130 cm³/mol. The molecule has 0 atom stereocenters. The first kappa shape index (κ1) is 23.4. The molecule has 4 rings (SSSR count). The summed E-state index contributed by atoms with van der Waals surface area (Å²) in [5.41, 5.74) is 1.31. The summed E-state index contributed by atoms with van der Waals surface area (Å²) in [5, 5.41) is 3.32. The van der Waals surface area contributed by atoms with Gasteiger partial charge in [0, 0.05) is 31.7 Å². The molecule has 2 aliphatic heterocycles. The number of nitrogens with zero attached hydrogens (tertiary/aromatic N) is 2. The number of benzene rings is 2. The van der Waals surface area contributed by atoms with Gasteiger partial charge in [-0.25, -0.2) is 8.42 Å². The van der Waals surface area contributed by atoms with Crippen LogP contribution in [0.4, 0.5) is 11.4 Å². The van der Waals surface area contributed by atoms with Gasteiger partial charge in [0.2, 0.25) is 10.0 Å². The van der Waals surface area contributed by atoms with Crippen LogP contribution in [0.2, 0.25) is 10.0 Å². The molecule has 1 N–H and O–H groups in total. The average Bonchev–Trinajstić information content (AvgIpc) is 2.82. The number of carbonyl (C=O) groups is 1. The molecule has 2 aliphatic rings. The molecule has 6 nitrogen and oxygen atoms in total. The second-order valence-corrected chi connectivity index (χ2v) is 10.9. The van der Waals surface area contributed by atoms with Crippen LogP contribution < -0.4 is 10.2 Å². The highest BCUT2D eigenvalue weighted by Gasteiger charge is 2.31. The molecule has 0 radical (unpaired) electrons. The van der Waals surface area contributed by atoms with E-state index in [0.29, 0.717) is 29.5 Å². The molecule has 0 spiro atoms. The second-order valence-electron chi connectivity index (χ2n) is 8.25. The second kappa shape index (κ2) is 10.00. The number of sulfonamides is 1. The van der Waals surface area contributed by atoms with E-state index in [0.717, 1.165) is 51.6 Å². The zero-order valence-corrected chi connectivity index (χ0v) is 20.1. The summed E-state index contributed by atoms with van der Waals surface area (Å²) in [4.78, 5) is 15.3. The molecule has 0 aliphatic carbocycles. The van der Waals surface area contributed by atoms with Gasteiger partial charge in [-0.15, -0.1) is 0 Å². The Bertz CT molecular complexity index is 1100. The molecule has 0 unspecified atom stereocenters. The zero-order valence-electron chi connectivity index (χ0n) is 17.8. The van der Waals surface area contributed by atoms with Crippen LogP contribution in [0.5, 0.6) is 0 Å². The van der Waals surface area contributed by atoms with Crippen molar-refractivity contribution in [2.24, 2.45) is 0 Å². The molecule has 2 saturated heterocycles. The summed E-state index contributed by atoms with van der Waals surface area (Å²) in [6, 6.07) is 9.91. The number of hydrogen-bond donors (Lipinski definition) is 1. The Labute approximate surface area is 199 Å². The van der Waals surface area contributed by atoms with E-state index in [1.807, 2.05) is 0 Å². The van der Waals surface area contributed by atoms with Crippen molar-refractivity contribution in [3.63, 3.8) is 0 Å². The predicted octanol–water partition coefficient (Wildman–Crippen LogP) is 5.41. The van der Waals surface area contributed by atoms with Gasteiger partial charge < -0.3 is 10.2 Å². The third-order valence-electron chi connectivity index (χ3n) is 6.05. The summed E-state index contributed by atoms with van der Waals surface area (Å²) in [6.07, 6.45) is 5.94. The maximum atomic E-state index is 13.6. The van der Waals surface area contributed by atoms with Gasteiger partial charge in [0.05, 0.1) is 21.4 Å². The van der Waals surface area contributed by atoms with Gasteiger partial charge in [-0.3, -0.25) is 4.79 Å². The number of carbonyl (C=O) groups excluding carboxylic acids is 1. The Morgan fingerprint density at radius 1 is 0.875 bits per heavy atom. The molecule has 0 bridgehead atoms. The quantitative estimate of drug-likeness (QED) is 0.601. The first-order valence-corrected chi connectivity index (χ1v) is 13.2. The van der Waals surface area contributed by atoms with Crippen LogP contribution in [-0.2, 0) is 10.0 Å². The third-order valence-corrected chi connectivity index (χ3v) is 8.80. The number of hydrogen-bond acceptors (Lipinski definition) is 4. The highest BCUT2D eigenvalue weighted by Crippen LogP contribution is 2.33. The number of halogens is 2. The normalized spacial score (nSPS) is 17.9. The van der Waals surface area contributed by atoms with Crippen molar-refractivity contribution in [3.05, 3.63) is 52.0 Å². The van der Waals surface area contributed by atoms with Gasteiger partial charge in [0.15, 0.2) is 0 Å². The van der Waals surface area contributed by atoms with Gasteiger partial charge in [-0.1, -0.05) is 35.7 Å². The van der Waals surface area contributed by atoms with Crippen LogP contribution in [0.1, 0.15) is 48.9 Å². The van der Waals surface area contributed by atoms with E-state index in [2.05, 4.69) is 10.2 Å². The molecule has 2 fully saturated rings. The molecule has 1 amide bonds. The van der Waals surface area contributed by atoms with E-state index in [9.17, 15) is 13.2 Å². The Kier molecular flexibility index (Phi) is 7.30. The summed E-state index contributed by atoms with van der Waals surface area (Å²) in [7, 11) is -3.72. The van der Waals surface area contributed by atoms with E-state index < -0.39 is 15.9 Å². The minimum atomic E-state index is -3.72. The summed E-state index contributed by atoms with van der Waals surface area (Å²) < 4.78 is 28.8. The fourth-order valence-electron chi connectivity index (χ4n) is 4.30. The smallest absolute Gasteiger partial charge is 0.255 e. The van der Waals surface area contributed by atoms with Crippen LogP contribution in [0, 0.1) is 0 Å². The maximum Gasteiger partial charge on any atom is 0.255 e. The molecule has 32 heavy (non-hydrogen) atoms. The fraction of sp³-hybridized carbons (Fsp3) is 0.435. The molecule has 0 aromatic heterocycles. The molecular formula is C23H27Cl2N3O3S. The van der Waals surface area contributed by atoms with E-state index in [1.54, 1.807) is 34.6 Å². The largest absolute Gasteiger partial charge is 0.370 e. The number of amides is 1. The van der Waals surface area contributed by atoms with Gasteiger partial charge in [0.25, 0.3) is 5.91 Å². The van der Waals surface area contributed by atoms with Crippen molar-refractivity contribution < 1.29 is 13.2 Å². The minimum Gasteiger partial charge on any atom is -0.370 e. The molecule has 2 heterocycles. The van der Waals surface area contributed by atoms with Crippen LogP contribution in [0.3, 0.4) is 0 Å². The first-order chi connectivity index (χ1) is 15.4. The van der Waals surface area contributed by atoms with Gasteiger partial charge in [0.1, 0.15) is 4.90 Å². The standard InChI is InChI=1S/C23H27Cl2N3O3S/c24-18-8-7-9-19(22(18)25)26-23(29)17-10-11-20(27-12-3-1-4-13-27)21(16-17)32(30,31)28-14-5-2-6-15-28/h7-11,16H,1-6,12-15H2,(H,26,29). The minimum absolute atomic E-state index is 0.200. The summed E-state index contributed by atoms with van der Waals surface area (Å²) in [5.74, 6) is -0.436. The van der Waals surface area contributed by atoms with E-state index in [4.69, 9.17) is 23.2 Å². The van der Waals surface area contributed by atoms with Crippen LogP contribution in [0.25, 0.3) is 0 Å². The van der Waals surface area contributed by atoms with Crippen molar-refractivity contribution >= 4 is 50.5 Å². The average molecular weight is 496 g/mol. The lowest BCUT2D eigenvalue weighted by molar-refractivity contribution is 0.102. The van der Waals surface area contributed by atoms with Crippen LogP contribution in [0.15, 0.2) is 41.3 Å². The van der Waals surface area contributed by atoms with Crippen LogP contribution >= 0.6 is 23.2 Å². The highest BCUT2D eigenvalue weighted by atomic mass is 35.5. The number of piperidine rings is 2. The van der Waals surface area contributed by atoms with Crippen molar-refractivity contribution in [2.45, 2.75) is 43.4 Å². The lowest BCUT2D eigenvalue weighted by Gasteiger charge is -2.33. The Morgan fingerprint density at radius 3 is 2.22 bits per heavy atom. The van der Waals surface area contributed by atoms with E-state index in [-0.39, 0.29) is 15.5 Å². The first-order valence-electron chi connectivity index (χ1n) is 11.0.